The van der Waals surface area contributed by atoms with Crippen LogP contribution >= 0.6 is 15.9 Å². The fraction of sp³-hybridized carbons (Fsp3) is 0.455. The van der Waals surface area contributed by atoms with Crippen LogP contribution in [-0.2, 0) is 10.3 Å². The summed E-state index contributed by atoms with van der Waals surface area (Å²) in [7, 11) is 0. The summed E-state index contributed by atoms with van der Waals surface area (Å²) in [6.07, 6.45) is 0. The van der Waals surface area contributed by atoms with Crippen LogP contribution in [0.2, 0.25) is 0 Å². The topological polar surface area (TPSA) is 21.3 Å². The highest BCUT2D eigenvalue weighted by Gasteiger charge is 2.28. The molecule has 0 saturated carbocycles. The highest BCUT2D eigenvalue weighted by Crippen LogP contribution is 2.25. The van der Waals surface area contributed by atoms with Gasteiger partial charge >= 0.3 is 0 Å². The van der Waals surface area contributed by atoms with Crippen molar-refractivity contribution in [2.24, 2.45) is 0 Å². The van der Waals surface area contributed by atoms with Crippen LogP contribution in [0.3, 0.4) is 0 Å². The Kier molecular flexibility index (Phi) is 2.91. The van der Waals surface area contributed by atoms with Crippen molar-refractivity contribution in [3.63, 3.8) is 0 Å². The van der Waals surface area contributed by atoms with Crippen molar-refractivity contribution in [1.29, 1.82) is 0 Å². The lowest BCUT2D eigenvalue weighted by Crippen LogP contribution is -2.49. The van der Waals surface area contributed by atoms with Crippen molar-refractivity contribution in [2.45, 2.75) is 12.5 Å². The molecule has 0 aliphatic carbocycles. The normalized spacial score (nSPS) is 27.6. The standard InChI is InChI=1S/C11H14BrNO/c1-11(8-14-6-5-13-11)9-3-2-4-10(12)7-9/h2-4,7,13H,5-6,8H2,1H3/t11-/m0/s1. The molecular weight excluding hydrogens is 242 g/mol. The van der Waals surface area contributed by atoms with E-state index in [1.165, 1.54) is 5.56 Å². The average molecular weight is 256 g/mol. The van der Waals surface area contributed by atoms with E-state index in [9.17, 15) is 0 Å². The minimum absolute atomic E-state index is 0.0397. The van der Waals surface area contributed by atoms with Gasteiger partial charge in [-0.05, 0) is 24.6 Å². The van der Waals surface area contributed by atoms with Crippen LogP contribution in [0.4, 0.5) is 0 Å². The van der Waals surface area contributed by atoms with E-state index in [4.69, 9.17) is 4.74 Å². The second kappa shape index (κ2) is 4.01. The molecule has 1 fully saturated rings. The lowest BCUT2D eigenvalue weighted by molar-refractivity contribution is 0.0339. The monoisotopic (exact) mass is 255 g/mol. The maximum atomic E-state index is 5.50. The predicted molar refractivity (Wildman–Crippen MR) is 60.3 cm³/mol. The van der Waals surface area contributed by atoms with Crippen molar-refractivity contribution in [3.8, 4) is 0 Å². The average Bonchev–Trinajstić information content (AvgIpc) is 2.19. The van der Waals surface area contributed by atoms with Crippen LogP contribution < -0.4 is 5.32 Å². The summed E-state index contributed by atoms with van der Waals surface area (Å²) < 4.78 is 6.62. The van der Waals surface area contributed by atoms with Gasteiger partial charge in [0.2, 0.25) is 0 Å². The van der Waals surface area contributed by atoms with Gasteiger partial charge in [0, 0.05) is 11.0 Å². The fourth-order valence-electron chi connectivity index (χ4n) is 1.74. The summed E-state index contributed by atoms with van der Waals surface area (Å²) in [5.74, 6) is 0. The second-order valence-electron chi connectivity index (χ2n) is 3.82. The first-order chi connectivity index (χ1) is 6.71. The zero-order valence-corrected chi connectivity index (χ0v) is 9.80. The Labute approximate surface area is 92.8 Å². The Morgan fingerprint density at radius 2 is 2.36 bits per heavy atom. The van der Waals surface area contributed by atoms with Gasteiger partial charge in [-0.1, -0.05) is 28.1 Å². The highest BCUT2D eigenvalue weighted by atomic mass is 79.9. The molecule has 2 rings (SSSR count). The molecule has 1 heterocycles. The van der Waals surface area contributed by atoms with E-state index in [-0.39, 0.29) is 5.54 Å². The molecular formula is C11H14BrNO. The summed E-state index contributed by atoms with van der Waals surface area (Å²) in [6.45, 7) is 4.64. The fourth-order valence-corrected chi connectivity index (χ4v) is 2.14. The molecule has 0 amide bonds. The molecule has 1 aromatic carbocycles. The SMILES string of the molecule is C[C@@]1(c2cccc(Br)c2)COCCN1. The molecule has 1 atom stereocenters. The smallest absolute Gasteiger partial charge is 0.0688 e. The van der Waals surface area contributed by atoms with Crippen molar-refractivity contribution in [2.75, 3.05) is 19.8 Å². The van der Waals surface area contributed by atoms with Crippen LogP contribution in [0.5, 0.6) is 0 Å². The molecule has 0 unspecified atom stereocenters. The van der Waals surface area contributed by atoms with Crippen molar-refractivity contribution >= 4 is 15.9 Å². The maximum Gasteiger partial charge on any atom is 0.0688 e. The Hall–Kier alpha value is -0.380. The predicted octanol–water partition coefficient (Wildman–Crippen LogP) is 2.28. The largest absolute Gasteiger partial charge is 0.378 e. The Bertz CT molecular complexity index is 321. The first-order valence-electron chi connectivity index (χ1n) is 4.79. The van der Waals surface area contributed by atoms with E-state index in [0.29, 0.717) is 0 Å². The van der Waals surface area contributed by atoms with Crippen LogP contribution in [0, 0.1) is 0 Å². The minimum atomic E-state index is -0.0397. The summed E-state index contributed by atoms with van der Waals surface area (Å²) in [5, 5.41) is 3.49. The lowest BCUT2D eigenvalue weighted by atomic mass is 9.92. The third-order valence-corrected chi connectivity index (χ3v) is 3.11. The van der Waals surface area contributed by atoms with Gasteiger partial charge in [-0.2, -0.15) is 0 Å². The number of hydrogen-bond acceptors (Lipinski definition) is 2. The number of rotatable bonds is 1. The van der Waals surface area contributed by atoms with Crippen LogP contribution in [-0.4, -0.2) is 19.8 Å². The van der Waals surface area contributed by atoms with Crippen molar-refractivity contribution in [3.05, 3.63) is 34.3 Å². The third-order valence-electron chi connectivity index (χ3n) is 2.61. The van der Waals surface area contributed by atoms with Crippen LogP contribution in [0.25, 0.3) is 0 Å². The van der Waals surface area contributed by atoms with Gasteiger partial charge in [-0.3, -0.25) is 0 Å². The van der Waals surface area contributed by atoms with E-state index >= 15 is 0 Å². The van der Waals surface area contributed by atoms with Gasteiger partial charge < -0.3 is 10.1 Å². The number of halogens is 1. The van der Waals surface area contributed by atoms with Gasteiger partial charge in [0.25, 0.3) is 0 Å². The molecule has 1 aromatic rings. The van der Waals surface area contributed by atoms with E-state index in [0.717, 1.165) is 24.2 Å². The maximum absolute atomic E-state index is 5.50. The second-order valence-corrected chi connectivity index (χ2v) is 4.74. The molecule has 2 nitrogen and oxygen atoms in total. The van der Waals surface area contributed by atoms with Gasteiger partial charge in [0.15, 0.2) is 0 Å². The van der Waals surface area contributed by atoms with Crippen molar-refractivity contribution in [1.82, 2.24) is 5.32 Å². The molecule has 1 N–H and O–H groups in total. The first kappa shape index (κ1) is 10.1. The highest BCUT2D eigenvalue weighted by molar-refractivity contribution is 9.10. The van der Waals surface area contributed by atoms with E-state index < -0.39 is 0 Å². The summed E-state index contributed by atoms with van der Waals surface area (Å²) in [4.78, 5) is 0. The molecule has 1 saturated heterocycles. The lowest BCUT2D eigenvalue weighted by Gasteiger charge is -2.35. The molecule has 0 bridgehead atoms. The number of morpholine rings is 1. The molecule has 1 aliphatic heterocycles. The Balaban J connectivity index is 2.28. The molecule has 1 aliphatic rings. The molecule has 0 spiro atoms. The van der Waals surface area contributed by atoms with E-state index in [2.05, 4.69) is 46.4 Å². The number of nitrogens with one attached hydrogen (secondary N) is 1. The third kappa shape index (κ3) is 2.00. The number of ether oxygens (including phenoxy) is 1. The van der Waals surface area contributed by atoms with Crippen LogP contribution in [0.1, 0.15) is 12.5 Å². The number of hydrogen-bond donors (Lipinski definition) is 1. The number of benzene rings is 1. The summed E-state index contributed by atoms with van der Waals surface area (Å²) in [6, 6.07) is 8.37. The Morgan fingerprint density at radius 3 is 3.00 bits per heavy atom. The molecule has 0 radical (unpaired) electrons. The molecule has 3 heteroatoms. The van der Waals surface area contributed by atoms with E-state index in [1.54, 1.807) is 0 Å². The van der Waals surface area contributed by atoms with Crippen molar-refractivity contribution < 1.29 is 4.74 Å². The van der Waals surface area contributed by atoms with E-state index in [1.807, 2.05) is 6.07 Å². The molecule has 76 valence electrons. The zero-order valence-electron chi connectivity index (χ0n) is 8.22. The summed E-state index contributed by atoms with van der Waals surface area (Å²) >= 11 is 3.48. The molecule has 14 heavy (non-hydrogen) atoms. The van der Waals surface area contributed by atoms with Gasteiger partial charge in [-0.25, -0.2) is 0 Å². The van der Waals surface area contributed by atoms with Gasteiger partial charge in [0.05, 0.1) is 18.8 Å². The summed E-state index contributed by atoms with van der Waals surface area (Å²) in [5.41, 5.74) is 1.23. The Morgan fingerprint density at radius 1 is 1.50 bits per heavy atom. The van der Waals surface area contributed by atoms with Gasteiger partial charge in [0.1, 0.15) is 0 Å². The zero-order chi connectivity index (χ0) is 10.0. The first-order valence-corrected chi connectivity index (χ1v) is 5.59. The minimum Gasteiger partial charge on any atom is -0.378 e. The quantitative estimate of drug-likeness (QED) is 0.832. The molecule has 0 aromatic heterocycles. The van der Waals surface area contributed by atoms with Gasteiger partial charge in [-0.15, -0.1) is 0 Å². The van der Waals surface area contributed by atoms with Crippen LogP contribution in [0.15, 0.2) is 28.7 Å².